The van der Waals surface area contributed by atoms with E-state index in [0.29, 0.717) is 17.9 Å². The van der Waals surface area contributed by atoms with Gasteiger partial charge in [0.15, 0.2) is 0 Å². The molecule has 0 aliphatic heterocycles. The fraction of sp³-hybridized carbons (Fsp3) is 0.576. The first-order valence-electron chi connectivity index (χ1n) is 15.3. The van der Waals surface area contributed by atoms with Crippen molar-refractivity contribution in [2.24, 2.45) is 0 Å². The van der Waals surface area contributed by atoms with Crippen molar-refractivity contribution in [2.75, 3.05) is 17.2 Å². The Labute approximate surface area is 236 Å². The van der Waals surface area contributed by atoms with E-state index in [-0.39, 0.29) is 24.1 Å². The quantitative estimate of drug-likeness (QED) is 0.0946. The van der Waals surface area contributed by atoms with Gasteiger partial charge in [-0.15, -0.1) is 0 Å². The molecule has 39 heavy (non-hydrogen) atoms. The van der Waals surface area contributed by atoms with E-state index < -0.39 is 0 Å². The van der Waals surface area contributed by atoms with Crippen molar-refractivity contribution in [3.05, 3.63) is 54.1 Å². The second-order valence-corrected chi connectivity index (χ2v) is 10.7. The molecule has 0 aliphatic rings. The van der Waals surface area contributed by atoms with Gasteiger partial charge in [-0.3, -0.25) is 4.79 Å². The molecule has 0 spiro atoms. The summed E-state index contributed by atoms with van der Waals surface area (Å²) in [6.45, 7) is 2.96. The van der Waals surface area contributed by atoms with Crippen LogP contribution in [0.25, 0.3) is 0 Å². The maximum atomic E-state index is 12.2. The lowest BCUT2D eigenvalue weighted by molar-refractivity contribution is -0.115. The Morgan fingerprint density at radius 3 is 1.54 bits per heavy atom. The minimum atomic E-state index is -0.200. The topological polar surface area (TPSA) is 90.5 Å². The molecule has 0 unspecified atom stereocenters. The molecule has 0 aromatic heterocycles. The van der Waals surface area contributed by atoms with Crippen LogP contribution in [-0.2, 0) is 11.2 Å². The number of carbonyl (C=O) groups is 2. The molecule has 0 atom stereocenters. The van der Waals surface area contributed by atoms with E-state index in [9.17, 15) is 14.7 Å². The highest BCUT2D eigenvalue weighted by molar-refractivity contribution is 5.92. The highest BCUT2D eigenvalue weighted by atomic mass is 16.3. The summed E-state index contributed by atoms with van der Waals surface area (Å²) in [7, 11) is 0. The number of rotatable bonds is 21. The number of anilines is 2. The van der Waals surface area contributed by atoms with Crippen LogP contribution < -0.4 is 16.0 Å². The highest BCUT2D eigenvalue weighted by Gasteiger charge is 2.06. The van der Waals surface area contributed by atoms with E-state index in [0.717, 1.165) is 18.4 Å². The Hall–Kier alpha value is -3.02. The van der Waals surface area contributed by atoms with Crippen molar-refractivity contribution >= 4 is 23.3 Å². The predicted molar refractivity (Wildman–Crippen MR) is 163 cm³/mol. The van der Waals surface area contributed by atoms with Crippen molar-refractivity contribution in [3.8, 4) is 5.75 Å². The number of hydrogen-bond donors (Lipinski definition) is 4. The van der Waals surface area contributed by atoms with Crippen LogP contribution in [0.15, 0.2) is 48.5 Å². The minimum Gasteiger partial charge on any atom is -0.508 e. The first-order chi connectivity index (χ1) is 19.1. The van der Waals surface area contributed by atoms with Crippen molar-refractivity contribution in [3.63, 3.8) is 0 Å². The number of nitrogens with one attached hydrogen (secondary N) is 3. The van der Waals surface area contributed by atoms with Gasteiger partial charge >= 0.3 is 6.03 Å². The third-order valence-corrected chi connectivity index (χ3v) is 7.04. The van der Waals surface area contributed by atoms with Crippen LogP contribution in [0.1, 0.15) is 115 Å². The summed E-state index contributed by atoms with van der Waals surface area (Å²) in [5, 5.41) is 17.9. The molecular weight excluding hydrogens is 486 g/mol. The average Bonchev–Trinajstić information content (AvgIpc) is 2.93. The van der Waals surface area contributed by atoms with Gasteiger partial charge in [0, 0.05) is 17.9 Å². The van der Waals surface area contributed by atoms with Crippen LogP contribution >= 0.6 is 0 Å². The van der Waals surface area contributed by atoms with Crippen LogP contribution in [0.5, 0.6) is 5.75 Å². The number of benzene rings is 2. The van der Waals surface area contributed by atoms with E-state index in [1.54, 1.807) is 24.3 Å². The van der Waals surface area contributed by atoms with Crippen LogP contribution in [-0.4, -0.2) is 23.6 Å². The maximum Gasteiger partial charge on any atom is 0.319 e. The van der Waals surface area contributed by atoms with Crippen molar-refractivity contribution in [2.45, 2.75) is 116 Å². The second-order valence-electron chi connectivity index (χ2n) is 10.7. The molecule has 0 aliphatic carbocycles. The fourth-order valence-electron chi connectivity index (χ4n) is 4.69. The number of carbonyl (C=O) groups excluding carboxylic acids is 2. The number of aromatic hydroxyl groups is 1. The van der Waals surface area contributed by atoms with Crippen molar-refractivity contribution < 1.29 is 14.7 Å². The zero-order chi connectivity index (χ0) is 28.0. The van der Waals surface area contributed by atoms with Gasteiger partial charge in [0.25, 0.3) is 0 Å². The van der Waals surface area contributed by atoms with Crippen LogP contribution in [0.3, 0.4) is 0 Å². The van der Waals surface area contributed by atoms with Gasteiger partial charge in [-0.05, 0) is 48.4 Å². The smallest absolute Gasteiger partial charge is 0.319 e. The van der Waals surface area contributed by atoms with Gasteiger partial charge in [-0.2, -0.15) is 0 Å². The van der Waals surface area contributed by atoms with Crippen LogP contribution in [0.2, 0.25) is 0 Å². The Kier molecular flexibility index (Phi) is 17.2. The van der Waals surface area contributed by atoms with Crippen LogP contribution in [0.4, 0.5) is 16.2 Å². The summed E-state index contributed by atoms with van der Waals surface area (Å²) in [4.78, 5) is 24.4. The van der Waals surface area contributed by atoms with Gasteiger partial charge in [0.1, 0.15) is 5.75 Å². The monoisotopic (exact) mass is 537 g/mol. The van der Waals surface area contributed by atoms with Gasteiger partial charge < -0.3 is 21.1 Å². The molecule has 3 amide bonds. The largest absolute Gasteiger partial charge is 0.508 e. The van der Waals surface area contributed by atoms with Crippen molar-refractivity contribution in [1.29, 1.82) is 0 Å². The van der Waals surface area contributed by atoms with Crippen LogP contribution in [0, 0.1) is 0 Å². The first-order valence-corrected chi connectivity index (χ1v) is 15.3. The fourth-order valence-corrected chi connectivity index (χ4v) is 4.69. The average molecular weight is 538 g/mol. The van der Waals surface area contributed by atoms with Gasteiger partial charge in [-0.25, -0.2) is 4.79 Å². The number of phenolic OH excluding ortho intramolecular Hbond substituents is 1. The Morgan fingerprint density at radius 1 is 0.590 bits per heavy atom. The Bertz CT molecular complexity index is 913. The summed E-state index contributed by atoms with van der Waals surface area (Å²) in [6.07, 6.45) is 21.6. The molecule has 0 radical (unpaired) electrons. The lowest BCUT2D eigenvalue weighted by Crippen LogP contribution is -2.29. The second kappa shape index (κ2) is 20.9. The molecule has 2 aromatic carbocycles. The summed E-state index contributed by atoms with van der Waals surface area (Å²) in [5.74, 6) is 0.0168. The number of hydrogen-bond acceptors (Lipinski definition) is 3. The molecule has 2 aromatic rings. The van der Waals surface area contributed by atoms with Gasteiger partial charge in [0.2, 0.25) is 5.91 Å². The van der Waals surface area contributed by atoms with Gasteiger partial charge in [0.05, 0.1) is 6.42 Å². The summed E-state index contributed by atoms with van der Waals surface area (Å²) >= 11 is 0. The van der Waals surface area contributed by atoms with E-state index in [1.165, 1.54) is 102 Å². The third kappa shape index (κ3) is 16.5. The molecule has 6 heteroatoms. The zero-order valence-electron chi connectivity index (χ0n) is 24.1. The Balaban J connectivity index is 1.41. The summed E-state index contributed by atoms with van der Waals surface area (Å²) in [6, 6.07) is 13.4. The third-order valence-electron chi connectivity index (χ3n) is 7.04. The van der Waals surface area contributed by atoms with Crippen molar-refractivity contribution in [1.82, 2.24) is 5.32 Å². The predicted octanol–water partition coefficient (Wildman–Crippen LogP) is 8.96. The first kappa shape index (κ1) is 32.2. The molecule has 0 bridgehead atoms. The Morgan fingerprint density at radius 2 is 1.03 bits per heavy atom. The molecular formula is C33H51N3O3. The number of phenols is 1. The summed E-state index contributed by atoms with van der Waals surface area (Å²) in [5.41, 5.74) is 2.18. The van der Waals surface area contributed by atoms with E-state index in [4.69, 9.17) is 0 Å². The number of urea groups is 1. The molecule has 0 fully saturated rings. The number of unbranched alkanes of at least 4 members (excludes halogenated alkanes) is 15. The van der Waals surface area contributed by atoms with E-state index in [2.05, 4.69) is 22.9 Å². The number of amides is 3. The lowest BCUT2D eigenvalue weighted by Gasteiger charge is -2.09. The highest BCUT2D eigenvalue weighted by Crippen LogP contribution is 2.16. The molecule has 0 heterocycles. The molecule has 2 rings (SSSR count). The minimum absolute atomic E-state index is 0.141. The standard InChI is InChI=1S/C33H51N3O3/c1-2-3-4-5-6-7-8-9-10-11-12-13-14-15-16-17-26-34-33(39)36-30-20-18-28(19-21-30)27-32(38)35-29-22-24-31(37)25-23-29/h18-25,37H,2-17,26-27H2,1H3,(H,35,38)(H2,34,36,39). The van der Waals surface area contributed by atoms with E-state index >= 15 is 0 Å². The normalized spacial score (nSPS) is 10.8. The molecule has 0 saturated carbocycles. The molecule has 0 saturated heterocycles. The van der Waals surface area contributed by atoms with E-state index in [1.807, 2.05) is 12.1 Å². The molecule has 6 nitrogen and oxygen atoms in total. The zero-order valence-corrected chi connectivity index (χ0v) is 24.1. The lowest BCUT2D eigenvalue weighted by atomic mass is 10.0. The molecule has 216 valence electrons. The summed E-state index contributed by atoms with van der Waals surface area (Å²) < 4.78 is 0. The SMILES string of the molecule is CCCCCCCCCCCCCCCCCCNC(=O)Nc1ccc(CC(=O)Nc2ccc(O)cc2)cc1. The maximum absolute atomic E-state index is 12.2. The molecule has 4 N–H and O–H groups in total. The van der Waals surface area contributed by atoms with Gasteiger partial charge in [-0.1, -0.05) is 115 Å².